The highest BCUT2D eigenvalue weighted by Gasteiger charge is 2.54. The van der Waals surface area contributed by atoms with E-state index in [1.807, 2.05) is 0 Å². The summed E-state index contributed by atoms with van der Waals surface area (Å²) >= 11 is 0. The topological polar surface area (TPSA) is 120 Å². The largest absolute Gasteiger partial charge is 0.493 e. The van der Waals surface area contributed by atoms with E-state index >= 15 is 0 Å². The van der Waals surface area contributed by atoms with Crippen molar-refractivity contribution in [1.82, 2.24) is 10.2 Å². The van der Waals surface area contributed by atoms with Crippen molar-refractivity contribution in [2.24, 2.45) is 0 Å². The van der Waals surface area contributed by atoms with Gasteiger partial charge >= 0.3 is 6.03 Å². The molecule has 0 saturated carbocycles. The lowest BCUT2D eigenvalue weighted by Crippen LogP contribution is -2.47. The average Bonchev–Trinajstić information content (AvgIpc) is 2.98. The van der Waals surface area contributed by atoms with Crippen LogP contribution in [0.2, 0.25) is 0 Å². The first-order valence-electron chi connectivity index (χ1n) is 9.37. The highest BCUT2D eigenvalue weighted by atomic mass is 16.7. The zero-order valence-electron chi connectivity index (χ0n) is 15.8. The van der Waals surface area contributed by atoms with E-state index in [0.29, 0.717) is 34.6 Å². The van der Waals surface area contributed by atoms with E-state index in [-0.39, 0.29) is 32.2 Å². The molecule has 2 aromatic rings. The fourth-order valence-corrected chi connectivity index (χ4v) is 4.19. The molecule has 3 heterocycles. The molecule has 3 amide bonds. The molecule has 1 atom stereocenters. The van der Waals surface area contributed by atoms with Gasteiger partial charge in [0.2, 0.25) is 0 Å². The summed E-state index contributed by atoms with van der Waals surface area (Å²) in [7, 11) is 0. The summed E-state index contributed by atoms with van der Waals surface area (Å²) in [6.07, 6.45) is 0.294. The average molecular weight is 411 g/mol. The maximum atomic E-state index is 13.4. The minimum Gasteiger partial charge on any atom is -0.493 e. The predicted molar refractivity (Wildman–Crippen MR) is 101 cm³/mol. The van der Waals surface area contributed by atoms with E-state index in [0.717, 1.165) is 4.90 Å². The highest BCUT2D eigenvalue weighted by molar-refractivity contribution is 6.08. The second-order valence-electron chi connectivity index (χ2n) is 7.28. The lowest BCUT2D eigenvalue weighted by molar-refractivity contribution is -0.385. The van der Waals surface area contributed by atoms with Crippen LogP contribution in [-0.4, -0.2) is 35.2 Å². The molecule has 0 aromatic heterocycles. The molecule has 1 spiro atoms. The maximum Gasteiger partial charge on any atom is 0.325 e. The molecule has 1 saturated heterocycles. The number of nitro groups is 1. The van der Waals surface area contributed by atoms with E-state index in [2.05, 4.69) is 5.32 Å². The Balaban J connectivity index is 1.53. The Kier molecular flexibility index (Phi) is 4.10. The Hall–Kier alpha value is -3.66. The number of carbonyl (C=O) groups is 2. The van der Waals surface area contributed by atoms with Crippen molar-refractivity contribution in [3.63, 3.8) is 0 Å². The Morgan fingerprint density at radius 2 is 2.03 bits per heavy atom. The van der Waals surface area contributed by atoms with Gasteiger partial charge in [-0.3, -0.25) is 19.8 Å². The summed E-state index contributed by atoms with van der Waals surface area (Å²) in [5.74, 6) is 0.531. The van der Waals surface area contributed by atoms with Gasteiger partial charge in [0.25, 0.3) is 11.6 Å². The van der Waals surface area contributed by atoms with Gasteiger partial charge in [-0.1, -0.05) is 18.2 Å². The van der Waals surface area contributed by atoms with E-state index in [1.54, 1.807) is 24.3 Å². The molecular weight excluding hydrogens is 394 g/mol. The second-order valence-corrected chi connectivity index (χ2v) is 7.28. The van der Waals surface area contributed by atoms with Crippen LogP contribution in [0, 0.1) is 10.1 Å². The number of imide groups is 1. The van der Waals surface area contributed by atoms with Crippen molar-refractivity contribution >= 4 is 17.6 Å². The van der Waals surface area contributed by atoms with Crippen molar-refractivity contribution in [2.45, 2.75) is 25.1 Å². The van der Waals surface area contributed by atoms with Crippen LogP contribution >= 0.6 is 0 Å². The molecule has 3 aliphatic heterocycles. The number of nitrogens with zero attached hydrogens (tertiary/aromatic N) is 2. The van der Waals surface area contributed by atoms with Crippen molar-refractivity contribution in [1.29, 1.82) is 0 Å². The fourth-order valence-electron chi connectivity index (χ4n) is 4.19. The Morgan fingerprint density at radius 1 is 1.20 bits per heavy atom. The van der Waals surface area contributed by atoms with Gasteiger partial charge in [-0.2, -0.15) is 0 Å². The van der Waals surface area contributed by atoms with Crippen LogP contribution in [0.15, 0.2) is 36.4 Å². The highest BCUT2D eigenvalue weighted by Crippen LogP contribution is 2.42. The van der Waals surface area contributed by atoms with Gasteiger partial charge in [0.05, 0.1) is 24.7 Å². The third-order valence-electron chi connectivity index (χ3n) is 5.57. The van der Waals surface area contributed by atoms with Crippen LogP contribution in [0.25, 0.3) is 0 Å². The lowest BCUT2D eigenvalue weighted by Gasteiger charge is -2.33. The van der Waals surface area contributed by atoms with Gasteiger partial charge in [-0.05, 0) is 6.07 Å². The molecule has 3 aliphatic rings. The van der Waals surface area contributed by atoms with E-state index in [1.165, 1.54) is 12.1 Å². The SMILES string of the molecule is O=C1N[C@@]2(CCOc3ccccc32)C(=O)N1Cc1cc([N+](=O)[O-])cc2c1OCOC2. The molecule has 2 aromatic carbocycles. The van der Waals surface area contributed by atoms with Crippen molar-refractivity contribution in [3.05, 3.63) is 63.2 Å². The van der Waals surface area contributed by atoms with Crippen LogP contribution in [0.4, 0.5) is 10.5 Å². The second kappa shape index (κ2) is 6.70. The molecule has 0 radical (unpaired) electrons. The minimum atomic E-state index is -1.21. The van der Waals surface area contributed by atoms with E-state index < -0.39 is 22.4 Å². The molecule has 5 rings (SSSR count). The Bertz CT molecular complexity index is 1090. The van der Waals surface area contributed by atoms with Crippen molar-refractivity contribution in [2.75, 3.05) is 13.4 Å². The van der Waals surface area contributed by atoms with Crippen LogP contribution in [0.3, 0.4) is 0 Å². The minimum absolute atomic E-state index is 0.00734. The molecule has 1 N–H and O–H groups in total. The Labute approximate surface area is 170 Å². The number of benzene rings is 2. The van der Waals surface area contributed by atoms with Gasteiger partial charge < -0.3 is 19.5 Å². The van der Waals surface area contributed by atoms with Gasteiger partial charge in [-0.15, -0.1) is 0 Å². The summed E-state index contributed by atoms with van der Waals surface area (Å²) < 4.78 is 16.4. The lowest BCUT2D eigenvalue weighted by atomic mass is 9.84. The number of carbonyl (C=O) groups excluding carboxylic acids is 2. The number of amides is 3. The zero-order chi connectivity index (χ0) is 20.9. The molecule has 10 nitrogen and oxygen atoms in total. The summed E-state index contributed by atoms with van der Waals surface area (Å²) in [6, 6.07) is 9.22. The number of para-hydroxylation sites is 1. The standard InChI is InChI=1S/C20H17N3O7/c24-18-20(5-6-29-16-4-2-1-3-15(16)20)21-19(25)22(18)9-12-7-14(23(26)27)8-13-10-28-11-30-17(12)13/h1-4,7-8H,5-6,9-11H2,(H,21,25)/t20-/m1/s1. The first-order chi connectivity index (χ1) is 14.5. The van der Waals surface area contributed by atoms with Crippen molar-refractivity contribution in [3.8, 4) is 11.5 Å². The zero-order valence-corrected chi connectivity index (χ0v) is 15.8. The summed E-state index contributed by atoms with van der Waals surface area (Å²) in [6.45, 7) is 0.272. The summed E-state index contributed by atoms with van der Waals surface area (Å²) in [5, 5.41) is 14.2. The normalized spacial score (nSPS) is 22.1. The number of nitro benzene ring substituents is 1. The van der Waals surface area contributed by atoms with Gasteiger partial charge in [-0.25, -0.2) is 4.79 Å². The molecule has 30 heavy (non-hydrogen) atoms. The number of rotatable bonds is 3. The molecule has 0 aliphatic carbocycles. The van der Waals surface area contributed by atoms with Gasteiger partial charge in [0.15, 0.2) is 12.3 Å². The Morgan fingerprint density at radius 3 is 2.87 bits per heavy atom. The molecular formula is C20H17N3O7. The number of urea groups is 1. The van der Waals surface area contributed by atoms with Crippen LogP contribution < -0.4 is 14.8 Å². The first-order valence-corrected chi connectivity index (χ1v) is 9.37. The first kappa shape index (κ1) is 18.4. The van der Waals surface area contributed by atoms with Crippen LogP contribution in [-0.2, 0) is 28.2 Å². The predicted octanol–water partition coefficient (Wildman–Crippen LogP) is 2.19. The maximum absolute atomic E-state index is 13.4. The van der Waals surface area contributed by atoms with Crippen molar-refractivity contribution < 1.29 is 28.7 Å². The number of nitrogens with one attached hydrogen (secondary N) is 1. The monoisotopic (exact) mass is 411 g/mol. The molecule has 0 bridgehead atoms. The molecule has 0 unspecified atom stereocenters. The van der Waals surface area contributed by atoms with Gasteiger partial charge in [0, 0.05) is 35.2 Å². The number of non-ortho nitro benzene ring substituents is 1. The third-order valence-corrected chi connectivity index (χ3v) is 5.57. The van der Waals surface area contributed by atoms with Crippen LogP contribution in [0.1, 0.15) is 23.1 Å². The fraction of sp³-hybridized carbons (Fsp3) is 0.300. The summed E-state index contributed by atoms with van der Waals surface area (Å²) in [5.41, 5.74) is 0.113. The molecule has 10 heteroatoms. The van der Waals surface area contributed by atoms with Crippen LogP contribution in [0.5, 0.6) is 11.5 Å². The van der Waals surface area contributed by atoms with Gasteiger partial charge in [0.1, 0.15) is 11.5 Å². The number of hydrogen-bond acceptors (Lipinski definition) is 7. The molecule has 1 fully saturated rings. The smallest absolute Gasteiger partial charge is 0.325 e. The number of hydrogen-bond donors (Lipinski definition) is 1. The molecule has 154 valence electrons. The summed E-state index contributed by atoms with van der Waals surface area (Å²) in [4.78, 5) is 38.1. The number of fused-ring (bicyclic) bond motifs is 3. The van der Waals surface area contributed by atoms with E-state index in [4.69, 9.17) is 14.2 Å². The van der Waals surface area contributed by atoms with E-state index in [9.17, 15) is 19.7 Å². The number of ether oxygens (including phenoxy) is 3. The quantitative estimate of drug-likeness (QED) is 0.467. The third kappa shape index (κ3) is 2.68.